The number of anilines is 1. The van der Waals surface area contributed by atoms with Gasteiger partial charge in [0.2, 0.25) is 0 Å². The fraction of sp³-hybridized carbons (Fsp3) is 0.200. The molecule has 0 saturated heterocycles. The second-order valence-corrected chi connectivity index (χ2v) is 4.64. The van der Waals surface area contributed by atoms with Gasteiger partial charge in [0, 0.05) is 10.5 Å². The fourth-order valence-corrected chi connectivity index (χ4v) is 2.28. The molecule has 4 heteroatoms. The van der Waals surface area contributed by atoms with Crippen molar-refractivity contribution in [3.63, 3.8) is 0 Å². The summed E-state index contributed by atoms with van der Waals surface area (Å²) in [7, 11) is 0. The zero-order valence-electron chi connectivity index (χ0n) is 7.65. The van der Waals surface area contributed by atoms with Crippen LogP contribution in [0.1, 0.15) is 6.92 Å². The molecule has 0 aliphatic carbocycles. The standard InChI is InChI=1S/C10H10BrCl2N/c1-3-6(2)14-10-8(12)4-7(11)5-9(10)13/h3-6,14H,1H2,2H3. The molecule has 0 amide bonds. The Hall–Kier alpha value is -0.180. The molecule has 1 nitrogen and oxygen atoms in total. The minimum Gasteiger partial charge on any atom is -0.377 e. The maximum absolute atomic E-state index is 6.02. The lowest BCUT2D eigenvalue weighted by Crippen LogP contribution is -2.11. The summed E-state index contributed by atoms with van der Waals surface area (Å²) in [6, 6.07) is 3.73. The SMILES string of the molecule is C=CC(C)Nc1c(Cl)cc(Br)cc1Cl. The summed E-state index contributed by atoms with van der Waals surface area (Å²) in [6.07, 6.45) is 1.79. The molecule has 0 saturated carbocycles. The highest BCUT2D eigenvalue weighted by Gasteiger charge is 2.08. The lowest BCUT2D eigenvalue weighted by Gasteiger charge is -2.14. The first-order valence-corrected chi connectivity index (χ1v) is 5.63. The molecule has 0 aliphatic rings. The van der Waals surface area contributed by atoms with Crippen LogP contribution in [0.2, 0.25) is 10.0 Å². The Labute approximate surface area is 102 Å². The number of hydrogen-bond acceptors (Lipinski definition) is 1. The lowest BCUT2D eigenvalue weighted by atomic mass is 10.2. The molecule has 0 radical (unpaired) electrons. The lowest BCUT2D eigenvalue weighted by molar-refractivity contribution is 1.00. The Morgan fingerprint density at radius 2 is 1.93 bits per heavy atom. The highest BCUT2D eigenvalue weighted by atomic mass is 79.9. The number of rotatable bonds is 3. The van der Waals surface area contributed by atoms with Crippen molar-refractivity contribution in [2.75, 3.05) is 5.32 Å². The van der Waals surface area contributed by atoms with Crippen molar-refractivity contribution in [1.29, 1.82) is 0 Å². The molecule has 1 atom stereocenters. The van der Waals surface area contributed by atoms with Gasteiger partial charge in [-0.3, -0.25) is 0 Å². The van der Waals surface area contributed by atoms with E-state index >= 15 is 0 Å². The smallest absolute Gasteiger partial charge is 0.0724 e. The van der Waals surface area contributed by atoms with E-state index in [1.165, 1.54) is 0 Å². The van der Waals surface area contributed by atoms with Gasteiger partial charge in [0.1, 0.15) is 0 Å². The van der Waals surface area contributed by atoms with E-state index in [-0.39, 0.29) is 6.04 Å². The topological polar surface area (TPSA) is 12.0 Å². The first-order valence-electron chi connectivity index (χ1n) is 4.08. The van der Waals surface area contributed by atoms with E-state index in [0.717, 1.165) is 10.2 Å². The van der Waals surface area contributed by atoms with Crippen molar-refractivity contribution >= 4 is 44.8 Å². The Balaban J connectivity index is 3.02. The largest absolute Gasteiger partial charge is 0.377 e. The predicted molar refractivity (Wildman–Crippen MR) is 67.4 cm³/mol. The Kier molecular flexibility index (Phi) is 4.30. The summed E-state index contributed by atoms with van der Waals surface area (Å²) < 4.78 is 0.865. The van der Waals surface area contributed by atoms with Crippen LogP contribution in [-0.4, -0.2) is 6.04 Å². The molecule has 0 heterocycles. The second-order valence-electron chi connectivity index (χ2n) is 2.91. The maximum atomic E-state index is 6.02. The average molecular weight is 295 g/mol. The number of halogens is 3. The molecule has 76 valence electrons. The van der Waals surface area contributed by atoms with Gasteiger partial charge in [-0.2, -0.15) is 0 Å². The van der Waals surface area contributed by atoms with Gasteiger partial charge in [0.25, 0.3) is 0 Å². The maximum Gasteiger partial charge on any atom is 0.0724 e. The third kappa shape index (κ3) is 2.91. The van der Waals surface area contributed by atoms with Gasteiger partial charge in [-0.1, -0.05) is 45.2 Å². The van der Waals surface area contributed by atoms with E-state index in [0.29, 0.717) is 10.0 Å². The van der Waals surface area contributed by atoms with Gasteiger partial charge in [0.05, 0.1) is 15.7 Å². The zero-order valence-corrected chi connectivity index (χ0v) is 10.7. The molecule has 1 N–H and O–H groups in total. The summed E-state index contributed by atoms with van der Waals surface area (Å²) >= 11 is 15.4. The number of nitrogens with one attached hydrogen (secondary N) is 1. The second kappa shape index (κ2) is 5.06. The quantitative estimate of drug-likeness (QED) is 0.794. The predicted octanol–water partition coefficient (Wildman–Crippen LogP) is 4.74. The van der Waals surface area contributed by atoms with Gasteiger partial charge < -0.3 is 5.32 Å². The average Bonchev–Trinajstić information content (AvgIpc) is 2.10. The highest BCUT2D eigenvalue weighted by molar-refractivity contribution is 9.10. The molecule has 1 aromatic rings. The molecule has 0 aliphatic heterocycles. The molecule has 0 bridgehead atoms. The van der Waals surface area contributed by atoms with E-state index < -0.39 is 0 Å². The van der Waals surface area contributed by atoms with Gasteiger partial charge in [0.15, 0.2) is 0 Å². The number of hydrogen-bond donors (Lipinski definition) is 1. The van der Waals surface area contributed by atoms with Crippen molar-refractivity contribution in [1.82, 2.24) is 0 Å². The third-order valence-electron chi connectivity index (χ3n) is 1.73. The summed E-state index contributed by atoms with van der Waals surface area (Å²) in [5.41, 5.74) is 0.740. The Bertz CT molecular complexity index is 329. The number of benzene rings is 1. The third-order valence-corrected chi connectivity index (χ3v) is 2.79. The molecule has 1 aromatic carbocycles. The van der Waals surface area contributed by atoms with Crippen LogP contribution in [0.5, 0.6) is 0 Å². The monoisotopic (exact) mass is 293 g/mol. The highest BCUT2D eigenvalue weighted by Crippen LogP contribution is 2.34. The van der Waals surface area contributed by atoms with E-state index in [4.69, 9.17) is 23.2 Å². The van der Waals surface area contributed by atoms with Crippen LogP contribution in [-0.2, 0) is 0 Å². The molecular weight excluding hydrogens is 285 g/mol. The summed E-state index contributed by atoms with van der Waals surface area (Å²) in [6.45, 7) is 5.65. The molecule has 1 rings (SSSR count). The van der Waals surface area contributed by atoms with Crippen LogP contribution < -0.4 is 5.32 Å². The summed E-state index contributed by atoms with van der Waals surface area (Å²) in [4.78, 5) is 0. The molecule has 1 unspecified atom stereocenters. The van der Waals surface area contributed by atoms with Gasteiger partial charge in [-0.15, -0.1) is 6.58 Å². The van der Waals surface area contributed by atoms with Crippen LogP contribution in [0.4, 0.5) is 5.69 Å². The summed E-state index contributed by atoms with van der Waals surface area (Å²) in [5, 5.41) is 4.34. The zero-order chi connectivity index (χ0) is 10.7. The van der Waals surface area contributed by atoms with Gasteiger partial charge in [-0.25, -0.2) is 0 Å². The van der Waals surface area contributed by atoms with Crippen molar-refractivity contribution in [3.05, 3.63) is 39.3 Å². The summed E-state index contributed by atoms with van der Waals surface area (Å²) in [5.74, 6) is 0. The van der Waals surface area contributed by atoms with E-state index in [1.54, 1.807) is 18.2 Å². The van der Waals surface area contributed by atoms with Crippen LogP contribution in [0.25, 0.3) is 0 Å². The van der Waals surface area contributed by atoms with E-state index in [1.807, 2.05) is 6.92 Å². The van der Waals surface area contributed by atoms with E-state index in [2.05, 4.69) is 27.8 Å². The molecule has 0 fully saturated rings. The normalized spacial score (nSPS) is 12.3. The first kappa shape index (κ1) is 11.9. The van der Waals surface area contributed by atoms with Crippen LogP contribution in [0, 0.1) is 0 Å². The Morgan fingerprint density at radius 3 is 2.36 bits per heavy atom. The van der Waals surface area contributed by atoms with E-state index in [9.17, 15) is 0 Å². The molecular formula is C10H10BrCl2N. The van der Waals surface area contributed by atoms with Crippen molar-refractivity contribution < 1.29 is 0 Å². The Morgan fingerprint density at radius 1 is 1.43 bits per heavy atom. The van der Waals surface area contributed by atoms with Crippen molar-refractivity contribution in [3.8, 4) is 0 Å². The van der Waals surface area contributed by atoms with Crippen LogP contribution >= 0.6 is 39.1 Å². The first-order chi connectivity index (χ1) is 6.54. The minimum absolute atomic E-state index is 0.131. The van der Waals surface area contributed by atoms with Crippen LogP contribution in [0.15, 0.2) is 29.3 Å². The van der Waals surface area contributed by atoms with Gasteiger partial charge >= 0.3 is 0 Å². The minimum atomic E-state index is 0.131. The van der Waals surface area contributed by atoms with Crippen molar-refractivity contribution in [2.24, 2.45) is 0 Å². The fourth-order valence-electron chi connectivity index (χ4n) is 0.967. The van der Waals surface area contributed by atoms with Crippen molar-refractivity contribution in [2.45, 2.75) is 13.0 Å². The molecule has 14 heavy (non-hydrogen) atoms. The van der Waals surface area contributed by atoms with Gasteiger partial charge in [-0.05, 0) is 19.1 Å². The molecule has 0 spiro atoms. The van der Waals surface area contributed by atoms with Crippen LogP contribution in [0.3, 0.4) is 0 Å². The molecule has 0 aromatic heterocycles.